The van der Waals surface area contributed by atoms with Crippen LogP contribution in [0.5, 0.6) is 0 Å². The maximum absolute atomic E-state index is 12.5. The van der Waals surface area contributed by atoms with Gasteiger partial charge in [0.15, 0.2) is 0 Å². The van der Waals surface area contributed by atoms with E-state index in [2.05, 4.69) is 4.98 Å². The molecule has 1 atom stereocenters. The molecule has 0 spiro atoms. The summed E-state index contributed by atoms with van der Waals surface area (Å²) >= 11 is 0. The molecule has 1 amide bonds. The van der Waals surface area contributed by atoms with E-state index in [1.165, 1.54) is 0 Å². The van der Waals surface area contributed by atoms with Crippen molar-refractivity contribution in [2.45, 2.75) is 13.0 Å². The highest BCUT2D eigenvalue weighted by Crippen LogP contribution is 2.12. The smallest absolute Gasteiger partial charge is 0.227 e. The van der Waals surface area contributed by atoms with E-state index >= 15 is 0 Å². The molecule has 2 aromatic rings. The number of nitrogens with zero attached hydrogens (tertiary/aromatic N) is 2. The highest BCUT2D eigenvalue weighted by atomic mass is 16.2. The molecule has 0 fully saturated rings. The third kappa shape index (κ3) is 4.39. The number of carbonyl (C=O) groups excluding carboxylic acids is 1. The zero-order valence-electron chi connectivity index (χ0n) is 12.3. The Kier molecular flexibility index (Phi) is 5.46. The van der Waals surface area contributed by atoms with Gasteiger partial charge in [0.25, 0.3) is 0 Å². The quantitative estimate of drug-likeness (QED) is 0.880. The van der Waals surface area contributed by atoms with Gasteiger partial charge in [-0.25, -0.2) is 0 Å². The fraction of sp³-hybridized carbons (Fsp3) is 0.294. The molecule has 1 unspecified atom stereocenters. The number of carbonyl (C=O) groups is 1. The first kappa shape index (κ1) is 15.2. The highest BCUT2D eigenvalue weighted by Gasteiger charge is 2.21. The van der Waals surface area contributed by atoms with Crippen molar-refractivity contribution in [1.29, 1.82) is 0 Å². The maximum Gasteiger partial charge on any atom is 0.227 e. The van der Waals surface area contributed by atoms with Gasteiger partial charge in [0.05, 0.1) is 5.92 Å². The maximum atomic E-state index is 12.5. The Hall–Kier alpha value is -2.20. The molecule has 0 bridgehead atoms. The Morgan fingerprint density at radius 2 is 1.90 bits per heavy atom. The summed E-state index contributed by atoms with van der Waals surface area (Å²) in [6.45, 7) is 0.906. The van der Waals surface area contributed by atoms with Gasteiger partial charge in [-0.1, -0.05) is 36.4 Å². The summed E-state index contributed by atoms with van der Waals surface area (Å²) < 4.78 is 0. The van der Waals surface area contributed by atoms with Crippen LogP contribution >= 0.6 is 0 Å². The molecule has 1 aromatic heterocycles. The lowest BCUT2D eigenvalue weighted by atomic mass is 9.98. The molecule has 110 valence electrons. The van der Waals surface area contributed by atoms with Crippen LogP contribution in [0.3, 0.4) is 0 Å². The van der Waals surface area contributed by atoms with E-state index in [0.29, 0.717) is 19.5 Å². The minimum absolute atomic E-state index is 0.0743. The monoisotopic (exact) mass is 283 g/mol. The highest BCUT2D eigenvalue weighted by molar-refractivity contribution is 5.79. The minimum Gasteiger partial charge on any atom is -0.341 e. The second kappa shape index (κ2) is 7.55. The standard InChI is InChI=1S/C17H21N3O/c1-20(13-15-8-5-9-19-12-15)17(21)16(11-18)10-14-6-3-2-4-7-14/h2-9,12,16H,10-11,13,18H2,1H3. The zero-order chi connectivity index (χ0) is 15.1. The van der Waals surface area contributed by atoms with Crippen LogP contribution in [-0.4, -0.2) is 29.4 Å². The second-order valence-corrected chi connectivity index (χ2v) is 5.18. The van der Waals surface area contributed by atoms with E-state index in [9.17, 15) is 4.79 Å². The summed E-state index contributed by atoms with van der Waals surface area (Å²) in [6, 6.07) is 13.8. The first-order valence-corrected chi connectivity index (χ1v) is 7.08. The van der Waals surface area contributed by atoms with Crippen LogP contribution < -0.4 is 5.73 Å². The SMILES string of the molecule is CN(Cc1cccnc1)C(=O)C(CN)Cc1ccccc1. The van der Waals surface area contributed by atoms with Crippen molar-refractivity contribution >= 4 is 5.91 Å². The van der Waals surface area contributed by atoms with Gasteiger partial charge < -0.3 is 10.6 Å². The average Bonchev–Trinajstić information content (AvgIpc) is 2.54. The van der Waals surface area contributed by atoms with Crippen molar-refractivity contribution < 1.29 is 4.79 Å². The molecular formula is C17H21N3O. The van der Waals surface area contributed by atoms with Gasteiger partial charge in [-0.2, -0.15) is 0 Å². The molecular weight excluding hydrogens is 262 g/mol. The van der Waals surface area contributed by atoms with Gasteiger partial charge in [0, 0.05) is 32.5 Å². The van der Waals surface area contributed by atoms with Gasteiger partial charge in [0.2, 0.25) is 5.91 Å². The van der Waals surface area contributed by atoms with Crippen LogP contribution in [-0.2, 0) is 17.8 Å². The molecule has 4 nitrogen and oxygen atoms in total. The lowest BCUT2D eigenvalue weighted by Crippen LogP contribution is -2.37. The fourth-order valence-electron chi connectivity index (χ4n) is 2.33. The molecule has 0 radical (unpaired) electrons. The predicted octanol–water partition coefficient (Wildman–Crippen LogP) is 1.86. The molecule has 4 heteroatoms. The topological polar surface area (TPSA) is 59.2 Å². The zero-order valence-corrected chi connectivity index (χ0v) is 12.3. The largest absolute Gasteiger partial charge is 0.341 e. The molecule has 2 N–H and O–H groups in total. The van der Waals surface area contributed by atoms with Crippen LogP contribution in [0.1, 0.15) is 11.1 Å². The normalized spacial score (nSPS) is 11.9. The first-order valence-electron chi connectivity index (χ1n) is 7.08. The molecule has 0 saturated heterocycles. The van der Waals surface area contributed by atoms with Crippen molar-refractivity contribution in [1.82, 2.24) is 9.88 Å². The minimum atomic E-state index is -0.186. The number of nitrogens with two attached hydrogens (primary N) is 1. The Bertz CT molecular complexity index is 557. The third-order valence-electron chi connectivity index (χ3n) is 3.48. The summed E-state index contributed by atoms with van der Waals surface area (Å²) in [7, 11) is 1.81. The van der Waals surface area contributed by atoms with Crippen LogP contribution in [0.4, 0.5) is 0 Å². The van der Waals surface area contributed by atoms with Crippen LogP contribution in [0.15, 0.2) is 54.9 Å². The van der Waals surface area contributed by atoms with Crippen LogP contribution in [0.2, 0.25) is 0 Å². The number of benzene rings is 1. The number of pyridine rings is 1. The Morgan fingerprint density at radius 3 is 2.52 bits per heavy atom. The average molecular weight is 283 g/mol. The molecule has 0 aliphatic carbocycles. The fourth-order valence-corrected chi connectivity index (χ4v) is 2.33. The summed E-state index contributed by atoms with van der Waals surface area (Å²) in [5.74, 6) is -0.112. The molecule has 2 rings (SSSR count). The van der Waals surface area contributed by atoms with E-state index in [-0.39, 0.29) is 11.8 Å². The molecule has 0 saturated carbocycles. The van der Waals surface area contributed by atoms with E-state index in [0.717, 1.165) is 11.1 Å². The van der Waals surface area contributed by atoms with E-state index in [4.69, 9.17) is 5.73 Å². The number of aromatic nitrogens is 1. The third-order valence-corrected chi connectivity index (χ3v) is 3.48. The van der Waals surface area contributed by atoms with Gasteiger partial charge in [0.1, 0.15) is 0 Å². The van der Waals surface area contributed by atoms with Crippen molar-refractivity contribution in [2.75, 3.05) is 13.6 Å². The molecule has 1 heterocycles. The number of rotatable bonds is 6. The summed E-state index contributed by atoms with van der Waals surface area (Å²) in [5, 5.41) is 0. The van der Waals surface area contributed by atoms with Crippen LogP contribution in [0.25, 0.3) is 0 Å². The first-order chi connectivity index (χ1) is 10.2. The lowest BCUT2D eigenvalue weighted by molar-refractivity contribution is -0.134. The van der Waals surface area contributed by atoms with Gasteiger partial charge in [-0.05, 0) is 23.6 Å². The Labute approximate surface area is 125 Å². The molecule has 0 aliphatic rings. The van der Waals surface area contributed by atoms with E-state index < -0.39 is 0 Å². The van der Waals surface area contributed by atoms with Crippen LogP contribution in [0, 0.1) is 5.92 Å². The lowest BCUT2D eigenvalue weighted by Gasteiger charge is -2.23. The number of hydrogen-bond acceptors (Lipinski definition) is 3. The summed E-state index contributed by atoms with van der Waals surface area (Å²) in [6.07, 6.45) is 4.18. The van der Waals surface area contributed by atoms with Gasteiger partial charge in [-0.15, -0.1) is 0 Å². The summed E-state index contributed by atoms with van der Waals surface area (Å²) in [4.78, 5) is 18.3. The molecule has 21 heavy (non-hydrogen) atoms. The van der Waals surface area contributed by atoms with E-state index in [1.54, 1.807) is 17.3 Å². The van der Waals surface area contributed by atoms with Gasteiger partial charge >= 0.3 is 0 Å². The number of amides is 1. The van der Waals surface area contributed by atoms with Crippen molar-refractivity contribution in [3.8, 4) is 0 Å². The van der Waals surface area contributed by atoms with Gasteiger partial charge in [-0.3, -0.25) is 9.78 Å². The van der Waals surface area contributed by atoms with E-state index in [1.807, 2.05) is 49.5 Å². The molecule has 0 aliphatic heterocycles. The Morgan fingerprint density at radius 1 is 1.19 bits per heavy atom. The second-order valence-electron chi connectivity index (χ2n) is 5.18. The molecule has 1 aromatic carbocycles. The van der Waals surface area contributed by atoms with Crippen molar-refractivity contribution in [3.05, 3.63) is 66.0 Å². The summed E-state index contributed by atoms with van der Waals surface area (Å²) in [5.41, 5.74) is 7.95. The van der Waals surface area contributed by atoms with Crippen molar-refractivity contribution in [3.63, 3.8) is 0 Å². The number of hydrogen-bond donors (Lipinski definition) is 1. The Balaban J connectivity index is 1.99. The van der Waals surface area contributed by atoms with Crippen molar-refractivity contribution in [2.24, 2.45) is 11.7 Å². The predicted molar refractivity (Wildman–Crippen MR) is 83.4 cm³/mol.